The molecule has 148 valence electrons. The van der Waals surface area contributed by atoms with Crippen molar-refractivity contribution in [3.8, 4) is 5.75 Å². The number of hydrogen-bond acceptors (Lipinski definition) is 7. The van der Waals surface area contributed by atoms with E-state index in [0.29, 0.717) is 23.9 Å². The van der Waals surface area contributed by atoms with Crippen molar-refractivity contribution < 1.29 is 46.9 Å². The number of halogens is 3. The summed E-state index contributed by atoms with van der Waals surface area (Å²) >= 11 is 0.296. The molecular formula is C15H14F3NO7S. The van der Waals surface area contributed by atoms with Gasteiger partial charge in [0, 0.05) is 0 Å². The van der Waals surface area contributed by atoms with Crippen LogP contribution in [0.3, 0.4) is 0 Å². The summed E-state index contributed by atoms with van der Waals surface area (Å²) in [7, 11) is 0.995. The Morgan fingerprint density at radius 2 is 1.89 bits per heavy atom. The predicted octanol–water partition coefficient (Wildman–Crippen LogP) is 2.31. The van der Waals surface area contributed by atoms with Gasteiger partial charge in [0.1, 0.15) is 17.9 Å². The number of thioether (sulfide) groups is 1. The summed E-state index contributed by atoms with van der Waals surface area (Å²) in [6.07, 6.45) is -4.74. The number of carbonyl (C=O) groups excluding carboxylic acids is 3. The van der Waals surface area contributed by atoms with Gasteiger partial charge in [0.15, 0.2) is 0 Å². The van der Waals surface area contributed by atoms with Crippen molar-refractivity contribution in [3.05, 3.63) is 29.3 Å². The van der Waals surface area contributed by atoms with Crippen molar-refractivity contribution in [1.82, 2.24) is 5.32 Å². The number of carboxylic acid groups (broad SMARTS) is 1. The zero-order valence-electron chi connectivity index (χ0n) is 14.0. The molecule has 0 heterocycles. The minimum atomic E-state index is -4.74. The number of ether oxygens (including phenoxy) is 2. The van der Waals surface area contributed by atoms with Gasteiger partial charge in [0.25, 0.3) is 0 Å². The number of esters is 1. The topological polar surface area (TPSA) is 119 Å². The van der Waals surface area contributed by atoms with Crippen LogP contribution < -0.4 is 10.1 Å². The molecule has 2 N–H and O–H groups in total. The summed E-state index contributed by atoms with van der Waals surface area (Å²) < 4.78 is 47.7. The molecule has 0 aliphatic rings. The fourth-order valence-corrected chi connectivity index (χ4v) is 2.30. The molecule has 1 aromatic carbocycles. The van der Waals surface area contributed by atoms with Crippen molar-refractivity contribution in [2.75, 3.05) is 13.7 Å². The minimum absolute atomic E-state index is 0.296. The highest BCUT2D eigenvalue weighted by molar-refractivity contribution is 8.14. The van der Waals surface area contributed by atoms with Crippen LogP contribution in [-0.4, -0.2) is 47.2 Å². The molecule has 0 radical (unpaired) electrons. The summed E-state index contributed by atoms with van der Waals surface area (Å²) in [5.41, 5.74) is -1.57. The van der Waals surface area contributed by atoms with Crippen molar-refractivity contribution in [3.63, 3.8) is 0 Å². The molecule has 1 amide bonds. The van der Waals surface area contributed by atoms with E-state index >= 15 is 0 Å². The van der Waals surface area contributed by atoms with E-state index in [1.54, 1.807) is 0 Å². The quantitative estimate of drug-likeness (QED) is 0.687. The maximum Gasteiger partial charge on any atom is 0.416 e. The smallest absolute Gasteiger partial charge is 0.416 e. The van der Waals surface area contributed by atoms with Crippen LogP contribution in [0.1, 0.15) is 22.8 Å². The summed E-state index contributed by atoms with van der Waals surface area (Å²) in [6, 6.07) is 1.88. The van der Waals surface area contributed by atoms with Crippen LogP contribution in [0.25, 0.3) is 0 Å². The van der Waals surface area contributed by atoms with Crippen LogP contribution in [0.2, 0.25) is 0 Å². The highest BCUT2D eigenvalue weighted by atomic mass is 32.2. The first-order valence-electron chi connectivity index (χ1n) is 7.13. The first kappa shape index (κ1) is 22.3. The third kappa shape index (κ3) is 6.81. The lowest BCUT2D eigenvalue weighted by Gasteiger charge is -2.14. The van der Waals surface area contributed by atoms with Gasteiger partial charge in [0.2, 0.25) is 5.91 Å². The summed E-state index contributed by atoms with van der Waals surface area (Å²) in [6.45, 7) is 0.593. The number of carbonyl (C=O) groups is 4. The standard InChI is InChI=1S/C15H14F3NO7S/c1-7(12(22)19-6-11(20)21)27-14(24)26-10-5-8(15(16,17)18)3-4-9(10)13(23)25-2/h3-5,7H,6H2,1-2H3,(H,19,22)(H,20,21). The summed E-state index contributed by atoms with van der Waals surface area (Å²) in [5, 5.41) is 8.24. The Labute approximate surface area is 155 Å². The maximum absolute atomic E-state index is 12.8. The fourth-order valence-electron chi connectivity index (χ4n) is 1.68. The molecule has 0 aliphatic carbocycles. The van der Waals surface area contributed by atoms with E-state index in [9.17, 15) is 32.3 Å². The number of rotatable bonds is 6. The van der Waals surface area contributed by atoms with Gasteiger partial charge in [-0.3, -0.25) is 9.59 Å². The van der Waals surface area contributed by atoms with Crippen molar-refractivity contribution in [2.24, 2.45) is 0 Å². The average molecular weight is 409 g/mol. The lowest BCUT2D eigenvalue weighted by molar-refractivity contribution is -0.138. The lowest BCUT2D eigenvalue weighted by atomic mass is 10.1. The van der Waals surface area contributed by atoms with Crippen LogP contribution in [0.15, 0.2) is 18.2 Å². The van der Waals surface area contributed by atoms with Gasteiger partial charge in [-0.1, -0.05) is 0 Å². The number of hydrogen-bond donors (Lipinski definition) is 2. The Morgan fingerprint density at radius 1 is 1.26 bits per heavy atom. The normalized spacial score (nSPS) is 12.0. The van der Waals surface area contributed by atoms with E-state index < -0.39 is 58.0 Å². The van der Waals surface area contributed by atoms with Gasteiger partial charge in [0.05, 0.1) is 17.9 Å². The van der Waals surface area contributed by atoms with Gasteiger partial charge in [-0.05, 0) is 36.9 Å². The average Bonchev–Trinajstić information content (AvgIpc) is 2.57. The number of aliphatic carboxylic acids is 1. The SMILES string of the molecule is COC(=O)c1ccc(C(F)(F)F)cc1OC(=O)SC(C)C(=O)NCC(=O)O. The minimum Gasteiger partial charge on any atom is -0.480 e. The first-order chi connectivity index (χ1) is 12.5. The number of benzene rings is 1. The second kappa shape index (κ2) is 9.26. The zero-order chi connectivity index (χ0) is 20.8. The maximum atomic E-state index is 12.8. The molecule has 0 saturated heterocycles. The molecule has 1 unspecified atom stereocenters. The molecule has 0 fully saturated rings. The molecule has 0 spiro atoms. The van der Waals surface area contributed by atoms with E-state index in [0.717, 1.165) is 13.2 Å². The molecular weight excluding hydrogens is 395 g/mol. The van der Waals surface area contributed by atoms with E-state index in [1.165, 1.54) is 6.92 Å². The van der Waals surface area contributed by atoms with E-state index in [1.807, 2.05) is 5.32 Å². The number of carboxylic acids is 1. The van der Waals surface area contributed by atoms with Crippen LogP contribution in [0.5, 0.6) is 5.75 Å². The molecule has 0 aliphatic heterocycles. The highest BCUT2D eigenvalue weighted by Gasteiger charge is 2.32. The zero-order valence-corrected chi connectivity index (χ0v) is 14.8. The van der Waals surface area contributed by atoms with Gasteiger partial charge in [-0.2, -0.15) is 13.2 Å². The Bertz CT molecular complexity index is 751. The van der Waals surface area contributed by atoms with Crippen LogP contribution >= 0.6 is 11.8 Å². The Kier molecular flexibility index (Phi) is 7.64. The van der Waals surface area contributed by atoms with Crippen LogP contribution in [0.4, 0.5) is 18.0 Å². The highest BCUT2D eigenvalue weighted by Crippen LogP contribution is 2.34. The Morgan fingerprint density at radius 3 is 2.41 bits per heavy atom. The Hall–Kier alpha value is -2.76. The molecule has 0 saturated carbocycles. The van der Waals surface area contributed by atoms with E-state index in [2.05, 4.69) is 4.74 Å². The van der Waals surface area contributed by atoms with Crippen molar-refractivity contribution in [1.29, 1.82) is 0 Å². The molecule has 1 aromatic rings. The first-order valence-corrected chi connectivity index (χ1v) is 8.01. The third-order valence-electron chi connectivity index (χ3n) is 2.96. The van der Waals surface area contributed by atoms with Crippen LogP contribution in [0, 0.1) is 0 Å². The molecule has 27 heavy (non-hydrogen) atoms. The largest absolute Gasteiger partial charge is 0.480 e. The van der Waals surface area contributed by atoms with E-state index in [4.69, 9.17) is 9.84 Å². The molecule has 8 nitrogen and oxygen atoms in total. The molecule has 1 atom stereocenters. The predicted molar refractivity (Wildman–Crippen MR) is 86.5 cm³/mol. The molecule has 12 heteroatoms. The molecule has 0 aromatic heterocycles. The third-order valence-corrected chi connectivity index (χ3v) is 3.81. The van der Waals surface area contributed by atoms with Crippen molar-refractivity contribution in [2.45, 2.75) is 18.3 Å². The van der Waals surface area contributed by atoms with Gasteiger partial charge < -0.3 is 19.9 Å². The monoisotopic (exact) mass is 409 g/mol. The van der Waals surface area contributed by atoms with Crippen molar-refractivity contribution >= 4 is 34.9 Å². The van der Waals surface area contributed by atoms with Crippen LogP contribution in [-0.2, 0) is 20.5 Å². The van der Waals surface area contributed by atoms with Gasteiger partial charge in [-0.15, -0.1) is 0 Å². The fraction of sp³-hybridized carbons (Fsp3) is 0.333. The number of nitrogens with one attached hydrogen (secondary N) is 1. The van der Waals surface area contributed by atoms with Gasteiger partial charge >= 0.3 is 23.4 Å². The summed E-state index contributed by atoms with van der Waals surface area (Å²) in [4.78, 5) is 45.5. The second-order valence-electron chi connectivity index (χ2n) is 4.92. The summed E-state index contributed by atoms with van der Waals surface area (Å²) in [5.74, 6) is -3.80. The second-order valence-corrected chi connectivity index (χ2v) is 6.20. The number of methoxy groups -OCH3 is 1. The molecule has 1 rings (SSSR count). The molecule has 0 bridgehead atoms. The lowest BCUT2D eigenvalue weighted by Crippen LogP contribution is -2.35. The number of alkyl halides is 3. The van der Waals surface area contributed by atoms with E-state index in [-0.39, 0.29) is 0 Å². The Balaban J connectivity index is 2.94. The number of amides is 1. The van der Waals surface area contributed by atoms with Gasteiger partial charge in [-0.25, -0.2) is 9.59 Å².